The van der Waals surface area contributed by atoms with Crippen LogP contribution in [0.5, 0.6) is 0 Å². The first kappa shape index (κ1) is 20.6. The van der Waals surface area contributed by atoms with Gasteiger partial charge in [-0.2, -0.15) is 17.6 Å². The van der Waals surface area contributed by atoms with Crippen LogP contribution >= 0.6 is 0 Å². The Labute approximate surface area is 179 Å². The predicted molar refractivity (Wildman–Crippen MR) is 107 cm³/mol. The minimum absolute atomic E-state index is 0.217. The zero-order valence-electron chi connectivity index (χ0n) is 17.1. The number of carbonyl (C=O) groups excluding carboxylic acids is 1. The van der Waals surface area contributed by atoms with Gasteiger partial charge in [0.15, 0.2) is 6.10 Å². The average Bonchev–Trinajstić information content (AvgIpc) is 3.39. The van der Waals surface area contributed by atoms with Gasteiger partial charge < -0.3 is 24.1 Å². The number of hydrogen-bond donors (Lipinski definition) is 1. The van der Waals surface area contributed by atoms with E-state index in [1.165, 1.54) is 4.90 Å². The van der Waals surface area contributed by atoms with E-state index in [0.29, 0.717) is 18.7 Å². The molecule has 0 spiro atoms. The number of rotatable bonds is 3. The monoisotopic (exact) mass is 452 g/mol. The number of nitrogens with one attached hydrogen (secondary N) is 1. The minimum atomic E-state index is -4.33. The van der Waals surface area contributed by atoms with E-state index in [1.807, 2.05) is 29.9 Å². The zero-order chi connectivity index (χ0) is 22.7. The Balaban J connectivity index is 1.26. The van der Waals surface area contributed by atoms with E-state index in [9.17, 15) is 22.4 Å². The molecule has 1 amide bonds. The molecule has 1 aliphatic heterocycles. The summed E-state index contributed by atoms with van der Waals surface area (Å²) < 4.78 is 59.2. The van der Waals surface area contributed by atoms with Gasteiger partial charge in [0.1, 0.15) is 11.3 Å². The van der Waals surface area contributed by atoms with Gasteiger partial charge in [0.2, 0.25) is 0 Å². The number of aromatic nitrogens is 4. The van der Waals surface area contributed by atoms with Crippen LogP contribution in [0.3, 0.4) is 0 Å². The molecule has 8 nitrogen and oxygen atoms in total. The number of H-pyrrole nitrogens is 1. The lowest BCUT2D eigenvalue weighted by Crippen LogP contribution is -2.64. The fourth-order valence-corrected chi connectivity index (χ4v) is 4.02. The smallest absolute Gasteiger partial charge is 0.410 e. The number of anilines is 1. The SMILES string of the molecule is Cn1cnc(-c2cc3c(N4CCN(C(=O)O[C@H]5CC(F)(F)C5(F)F)CC4)ccnc3[nH]2)c1. The fraction of sp³-hybridized carbons (Fsp3) is 0.450. The standard InChI is InChI=1S/C20H20F4N6O2/c1-28-10-14(26-11-28)13-8-12-15(2-3-25-17(12)27-13)29-4-6-30(7-5-29)18(31)32-16-9-19(21,22)20(16,23)24/h2-3,8,10-11,16H,4-7,9H2,1H3,(H,25,27)/t16-/m0/s1. The number of aromatic amines is 1. The highest BCUT2D eigenvalue weighted by molar-refractivity contribution is 5.93. The largest absolute Gasteiger partial charge is 0.439 e. The van der Waals surface area contributed by atoms with Gasteiger partial charge >= 0.3 is 17.9 Å². The molecule has 1 atom stereocenters. The van der Waals surface area contributed by atoms with Crippen LogP contribution in [0, 0.1) is 0 Å². The quantitative estimate of drug-likeness (QED) is 0.618. The molecule has 32 heavy (non-hydrogen) atoms. The van der Waals surface area contributed by atoms with Crippen molar-refractivity contribution in [3.05, 3.63) is 30.9 Å². The van der Waals surface area contributed by atoms with Crippen LogP contribution in [0.1, 0.15) is 6.42 Å². The van der Waals surface area contributed by atoms with Crippen LogP contribution < -0.4 is 4.90 Å². The number of halogens is 4. The number of fused-ring (bicyclic) bond motifs is 1. The molecule has 12 heteroatoms. The van der Waals surface area contributed by atoms with Gasteiger partial charge in [-0.25, -0.2) is 14.8 Å². The Morgan fingerprint density at radius 2 is 1.94 bits per heavy atom. The first-order chi connectivity index (χ1) is 15.2. The number of alkyl halides is 4. The highest BCUT2D eigenvalue weighted by Gasteiger charge is 2.74. The van der Waals surface area contributed by atoms with E-state index in [-0.39, 0.29) is 13.1 Å². The Hall–Kier alpha value is -3.31. The van der Waals surface area contributed by atoms with Gasteiger partial charge in [-0.15, -0.1) is 0 Å². The Bertz CT molecular complexity index is 1170. The van der Waals surface area contributed by atoms with Crippen molar-refractivity contribution >= 4 is 22.8 Å². The average molecular weight is 452 g/mol. The van der Waals surface area contributed by atoms with Crippen molar-refractivity contribution in [1.82, 2.24) is 24.4 Å². The summed E-state index contributed by atoms with van der Waals surface area (Å²) in [6.45, 7) is 1.29. The number of hydrogen-bond acceptors (Lipinski definition) is 5. The molecule has 3 aromatic rings. The topological polar surface area (TPSA) is 79.3 Å². The second-order valence-corrected chi connectivity index (χ2v) is 8.08. The highest BCUT2D eigenvalue weighted by Crippen LogP contribution is 2.52. The molecule has 1 saturated heterocycles. The van der Waals surface area contributed by atoms with Gasteiger partial charge in [-0.05, 0) is 12.1 Å². The van der Waals surface area contributed by atoms with Crippen LogP contribution in [0.25, 0.3) is 22.4 Å². The third kappa shape index (κ3) is 3.24. The molecule has 2 fully saturated rings. The molecule has 1 saturated carbocycles. The van der Waals surface area contributed by atoms with Gasteiger partial charge in [-0.1, -0.05) is 0 Å². The minimum Gasteiger partial charge on any atom is -0.439 e. The maximum Gasteiger partial charge on any atom is 0.410 e. The summed E-state index contributed by atoms with van der Waals surface area (Å²) >= 11 is 0. The molecule has 0 radical (unpaired) electrons. The number of pyridine rings is 1. The van der Waals surface area contributed by atoms with Crippen molar-refractivity contribution in [2.45, 2.75) is 24.4 Å². The van der Waals surface area contributed by atoms with Crippen LogP contribution in [0.15, 0.2) is 30.9 Å². The van der Waals surface area contributed by atoms with E-state index < -0.39 is 30.5 Å². The second kappa shape index (κ2) is 7.10. The van der Waals surface area contributed by atoms with Crippen LogP contribution in [0.2, 0.25) is 0 Å². The number of piperazine rings is 1. The predicted octanol–water partition coefficient (Wildman–Crippen LogP) is 3.26. The van der Waals surface area contributed by atoms with Crippen molar-refractivity contribution in [2.75, 3.05) is 31.1 Å². The Morgan fingerprint density at radius 3 is 2.56 bits per heavy atom. The lowest BCUT2D eigenvalue weighted by Gasteiger charge is -2.43. The summed E-state index contributed by atoms with van der Waals surface area (Å²) in [4.78, 5) is 27.5. The number of amides is 1. The number of carbonyl (C=O) groups is 1. The third-order valence-corrected chi connectivity index (χ3v) is 5.95. The van der Waals surface area contributed by atoms with Crippen molar-refractivity contribution in [3.63, 3.8) is 0 Å². The first-order valence-electron chi connectivity index (χ1n) is 10.1. The maximum absolute atomic E-state index is 13.4. The van der Waals surface area contributed by atoms with Crippen molar-refractivity contribution < 1.29 is 27.1 Å². The lowest BCUT2D eigenvalue weighted by molar-refractivity contribution is -0.330. The van der Waals surface area contributed by atoms with E-state index in [4.69, 9.17) is 0 Å². The third-order valence-electron chi connectivity index (χ3n) is 5.95. The maximum atomic E-state index is 13.4. The van der Waals surface area contributed by atoms with Crippen molar-refractivity contribution in [1.29, 1.82) is 0 Å². The number of ether oxygens (including phenoxy) is 1. The Kier molecular flexibility index (Phi) is 4.57. The van der Waals surface area contributed by atoms with Gasteiger partial charge in [0.05, 0.1) is 18.4 Å². The molecule has 170 valence electrons. The summed E-state index contributed by atoms with van der Waals surface area (Å²) in [7, 11) is 1.88. The van der Waals surface area contributed by atoms with E-state index in [1.54, 1.807) is 12.5 Å². The molecule has 5 rings (SSSR count). The van der Waals surface area contributed by atoms with Crippen LogP contribution in [-0.2, 0) is 11.8 Å². The lowest BCUT2D eigenvalue weighted by atomic mass is 9.85. The van der Waals surface area contributed by atoms with E-state index in [0.717, 1.165) is 22.5 Å². The summed E-state index contributed by atoms with van der Waals surface area (Å²) in [5.41, 5.74) is 3.20. The van der Waals surface area contributed by atoms with Gasteiger partial charge in [-0.3, -0.25) is 0 Å². The molecule has 4 heterocycles. The van der Waals surface area contributed by atoms with Crippen molar-refractivity contribution in [2.24, 2.45) is 7.05 Å². The fourth-order valence-electron chi connectivity index (χ4n) is 4.02. The van der Waals surface area contributed by atoms with E-state index in [2.05, 4.69) is 24.6 Å². The first-order valence-corrected chi connectivity index (χ1v) is 10.1. The molecule has 3 aromatic heterocycles. The molecule has 0 bridgehead atoms. The van der Waals surface area contributed by atoms with E-state index >= 15 is 0 Å². The molecule has 0 aromatic carbocycles. The Morgan fingerprint density at radius 1 is 1.19 bits per heavy atom. The second-order valence-electron chi connectivity index (χ2n) is 8.08. The number of aryl methyl sites for hydroxylation is 1. The van der Waals surface area contributed by atoms with Crippen molar-refractivity contribution in [3.8, 4) is 11.4 Å². The molecular formula is C20H20F4N6O2. The van der Waals surface area contributed by atoms with Gasteiger partial charge in [0, 0.05) is 56.7 Å². The normalized spacial score (nSPS) is 22.1. The summed E-state index contributed by atoms with van der Waals surface area (Å²) in [5.74, 6) is -8.46. The molecule has 0 unspecified atom stereocenters. The summed E-state index contributed by atoms with van der Waals surface area (Å²) in [6, 6.07) is 3.82. The number of imidazole rings is 1. The summed E-state index contributed by atoms with van der Waals surface area (Å²) in [5, 5.41) is 0.889. The van der Waals surface area contributed by atoms with Gasteiger partial charge in [0.25, 0.3) is 0 Å². The van der Waals surface area contributed by atoms with Crippen LogP contribution in [0.4, 0.5) is 28.0 Å². The molecular weight excluding hydrogens is 432 g/mol. The zero-order valence-corrected chi connectivity index (χ0v) is 17.1. The summed E-state index contributed by atoms with van der Waals surface area (Å²) in [6.07, 6.45) is 1.02. The molecule has 1 N–H and O–H groups in total. The number of nitrogens with zero attached hydrogens (tertiary/aromatic N) is 5. The van der Waals surface area contributed by atoms with Crippen LogP contribution in [-0.4, -0.2) is 74.6 Å². The highest BCUT2D eigenvalue weighted by atomic mass is 19.3. The molecule has 2 aliphatic rings. The molecule has 1 aliphatic carbocycles.